The first-order chi connectivity index (χ1) is 12.4. The SMILES string of the molecule is CC/C=C1/C=C(Cc2ccc(F)c(Cl)c2)N=C2SC(C)=C(C(=O)NC)N21. The van der Waals surface area contributed by atoms with Crippen molar-refractivity contribution >= 4 is 34.4 Å². The Hall–Kier alpha value is -2.05. The minimum absolute atomic E-state index is 0.104. The first-order valence-electron chi connectivity index (χ1n) is 8.28. The van der Waals surface area contributed by atoms with Crippen molar-refractivity contribution < 1.29 is 9.18 Å². The molecule has 4 nitrogen and oxygen atoms in total. The molecule has 1 aromatic rings. The smallest absolute Gasteiger partial charge is 0.268 e. The second-order valence-electron chi connectivity index (χ2n) is 5.91. The Balaban J connectivity index is 1.94. The number of amidine groups is 1. The molecule has 0 saturated carbocycles. The summed E-state index contributed by atoms with van der Waals surface area (Å²) in [7, 11) is 1.62. The fourth-order valence-electron chi connectivity index (χ4n) is 2.88. The number of thioether (sulfide) groups is 1. The maximum Gasteiger partial charge on any atom is 0.268 e. The van der Waals surface area contributed by atoms with Crippen LogP contribution in [0.1, 0.15) is 25.8 Å². The van der Waals surface area contributed by atoms with Crippen LogP contribution in [0.2, 0.25) is 5.02 Å². The van der Waals surface area contributed by atoms with Crippen molar-refractivity contribution in [3.05, 3.63) is 68.8 Å². The van der Waals surface area contributed by atoms with E-state index in [1.807, 2.05) is 24.8 Å². The van der Waals surface area contributed by atoms with Gasteiger partial charge in [0, 0.05) is 29.8 Å². The zero-order chi connectivity index (χ0) is 18.8. The van der Waals surface area contributed by atoms with Crippen molar-refractivity contribution in [3.63, 3.8) is 0 Å². The van der Waals surface area contributed by atoms with Crippen LogP contribution in [0.4, 0.5) is 4.39 Å². The number of aliphatic imine (C=N–C) groups is 1. The van der Waals surface area contributed by atoms with Crippen LogP contribution in [0.15, 0.2) is 57.3 Å². The number of rotatable bonds is 4. The molecule has 7 heteroatoms. The number of allylic oxidation sites excluding steroid dienone is 4. The molecule has 2 heterocycles. The number of carbonyl (C=O) groups excluding carboxylic acids is 1. The Morgan fingerprint density at radius 3 is 2.88 bits per heavy atom. The summed E-state index contributed by atoms with van der Waals surface area (Å²) in [5.41, 5.74) is 3.26. The molecule has 0 fully saturated rings. The number of hydrogen-bond acceptors (Lipinski definition) is 4. The molecule has 0 bridgehead atoms. The van der Waals surface area contributed by atoms with Gasteiger partial charge in [-0.15, -0.1) is 0 Å². The van der Waals surface area contributed by atoms with Gasteiger partial charge in [0.15, 0.2) is 5.17 Å². The number of halogens is 2. The van der Waals surface area contributed by atoms with Gasteiger partial charge in [-0.05, 0) is 37.1 Å². The summed E-state index contributed by atoms with van der Waals surface area (Å²) in [5.74, 6) is -0.567. The van der Waals surface area contributed by atoms with E-state index < -0.39 is 5.82 Å². The highest BCUT2D eigenvalue weighted by atomic mass is 35.5. The molecule has 0 unspecified atom stereocenters. The molecule has 1 aromatic carbocycles. The van der Waals surface area contributed by atoms with Gasteiger partial charge in [0.2, 0.25) is 0 Å². The Morgan fingerprint density at radius 2 is 2.23 bits per heavy atom. The highest BCUT2D eigenvalue weighted by molar-refractivity contribution is 8.17. The van der Waals surface area contributed by atoms with Gasteiger partial charge >= 0.3 is 0 Å². The third-order valence-electron chi connectivity index (χ3n) is 4.03. The molecule has 2 aliphatic rings. The van der Waals surface area contributed by atoms with Gasteiger partial charge < -0.3 is 5.32 Å². The van der Waals surface area contributed by atoms with E-state index in [1.54, 1.807) is 19.2 Å². The number of fused-ring (bicyclic) bond motifs is 1. The predicted octanol–water partition coefficient (Wildman–Crippen LogP) is 4.60. The summed E-state index contributed by atoms with van der Waals surface area (Å²) in [6, 6.07) is 4.69. The molecule has 3 rings (SSSR count). The summed E-state index contributed by atoms with van der Waals surface area (Å²) in [6.07, 6.45) is 5.39. The van der Waals surface area contributed by atoms with E-state index in [0.717, 1.165) is 33.5 Å². The van der Waals surface area contributed by atoms with Crippen molar-refractivity contribution in [2.24, 2.45) is 4.99 Å². The standard InChI is InChI=1S/C19H19ClFN3OS/c1-4-5-14-10-13(8-12-6-7-16(21)15(20)9-12)23-19-24(14)17(11(2)26-19)18(25)22-3/h5-7,9-10H,4,8H2,1-3H3,(H,22,25)/b14-5-. The van der Waals surface area contributed by atoms with Crippen molar-refractivity contribution in [1.82, 2.24) is 10.2 Å². The molecule has 0 atom stereocenters. The Labute approximate surface area is 161 Å². The van der Waals surface area contributed by atoms with Gasteiger partial charge in [0.1, 0.15) is 11.5 Å². The van der Waals surface area contributed by atoms with Gasteiger partial charge in [-0.3, -0.25) is 9.69 Å². The lowest BCUT2D eigenvalue weighted by Gasteiger charge is -2.26. The topological polar surface area (TPSA) is 44.7 Å². The van der Waals surface area contributed by atoms with Crippen LogP contribution < -0.4 is 5.32 Å². The van der Waals surface area contributed by atoms with E-state index in [0.29, 0.717) is 12.1 Å². The quantitative estimate of drug-likeness (QED) is 0.816. The van der Waals surface area contributed by atoms with Crippen LogP contribution in [-0.4, -0.2) is 23.0 Å². The van der Waals surface area contributed by atoms with Gasteiger partial charge in [0.05, 0.1) is 5.02 Å². The minimum Gasteiger partial charge on any atom is -0.354 e. The molecule has 0 saturated heterocycles. The molecule has 0 spiro atoms. The molecule has 136 valence electrons. The maximum absolute atomic E-state index is 13.4. The first-order valence-corrected chi connectivity index (χ1v) is 9.48. The second-order valence-corrected chi connectivity index (χ2v) is 7.50. The summed E-state index contributed by atoms with van der Waals surface area (Å²) in [6.45, 7) is 3.96. The molecule has 26 heavy (non-hydrogen) atoms. The summed E-state index contributed by atoms with van der Waals surface area (Å²) >= 11 is 7.36. The summed E-state index contributed by atoms with van der Waals surface area (Å²) in [5, 5.41) is 3.55. The van der Waals surface area contributed by atoms with Crippen LogP contribution >= 0.6 is 23.4 Å². The Bertz CT molecular complexity index is 889. The lowest BCUT2D eigenvalue weighted by Crippen LogP contribution is -2.34. The van der Waals surface area contributed by atoms with E-state index in [9.17, 15) is 9.18 Å². The van der Waals surface area contributed by atoms with Crippen molar-refractivity contribution in [3.8, 4) is 0 Å². The van der Waals surface area contributed by atoms with Crippen molar-refractivity contribution in [2.45, 2.75) is 26.7 Å². The number of hydrogen-bond donors (Lipinski definition) is 1. The second kappa shape index (κ2) is 7.68. The normalized spacial score (nSPS) is 18.0. The zero-order valence-corrected chi connectivity index (χ0v) is 16.3. The van der Waals surface area contributed by atoms with E-state index in [4.69, 9.17) is 16.6 Å². The van der Waals surface area contributed by atoms with Crippen LogP contribution in [0.25, 0.3) is 0 Å². The number of nitrogens with zero attached hydrogens (tertiary/aromatic N) is 2. The van der Waals surface area contributed by atoms with Gasteiger partial charge in [-0.25, -0.2) is 9.38 Å². The lowest BCUT2D eigenvalue weighted by molar-refractivity contribution is -0.117. The fraction of sp³-hybridized carbons (Fsp3) is 0.263. The van der Waals surface area contributed by atoms with Gasteiger partial charge in [-0.2, -0.15) is 0 Å². The largest absolute Gasteiger partial charge is 0.354 e. The van der Waals surface area contributed by atoms with E-state index >= 15 is 0 Å². The zero-order valence-electron chi connectivity index (χ0n) is 14.8. The van der Waals surface area contributed by atoms with Crippen molar-refractivity contribution in [1.29, 1.82) is 0 Å². The molecular weight excluding hydrogens is 373 g/mol. The molecule has 0 radical (unpaired) electrons. The minimum atomic E-state index is -0.432. The Morgan fingerprint density at radius 1 is 1.46 bits per heavy atom. The molecular formula is C19H19ClFN3OS. The lowest BCUT2D eigenvalue weighted by atomic mass is 10.1. The predicted molar refractivity (Wildman–Crippen MR) is 105 cm³/mol. The molecule has 1 amide bonds. The van der Waals surface area contributed by atoms with Crippen LogP contribution in [-0.2, 0) is 11.2 Å². The van der Waals surface area contributed by atoms with Crippen molar-refractivity contribution in [2.75, 3.05) is 7.05 Å². The molecule has 0 aromatic heterocycles. The number of likely N-dealkylation sites (N-methyl/N-ethyl adjacent to an activating group) is 1. The van der Waals surface area contributed by atoms with Gasteiger partial charge in [0.25, 0.3) is 5.91 Å². The summed E-state index contributed by atoms with van der Waals surface area (Å²) in [4.78, 5) is 19.8. The average molecular weight is 392 g/mol. The number of carbonyl (C=O) groups is 1. The number of benzene rings is 1. The number of nitrogens with one attached hydrogen (secondary N) is 1. The highest BCUT2D eigenvalue weighted by Crippen LogP contribution is 2.40. The first kappa shape index (κ1) is 18.7. The average Bonchev–Trinajstić information content (AvgIpc) is 2.94. The molecule has 1 N–H and O–H groups in total. The monoisotopic (exact) mass is 391 g/mol. The van der Waals surface area contributed by atoms with Gasteiger partial charge in [-0.1, -0.05) is 42.4 Å². The Kier molecular flexibility index (Phi) is 5.53. The van der Waals surface area contributed by atoms with E-state index in [-0.39, 0.29) is 10.9 Å². The number of amides is 1. The third kappa shape index (κ3) is 3.57. The van der Waals surface area contributed by atoms with E-state index in [1.165, 1.54) is 17.8 Å². The van der Waals surface area contributed by atoms with E-state index in [2.05, 4.69) is 11.4 Å². The van der Waals surface area contributed by atoms with Crippen LogP contribution in [0.5, 0.6) is 0 Å². The molecule has 0 aliphatic carbocycles. The maximum atomic E-state index is 13.4. The summed E-state index contributed by atoms with van der Waals surface area (Å²) < 4.78 is 13.4. The van der Waals surface area contributed by atoms with Crippen LogP contribution in [0, 0.1) is 5.82 Å². The fourth-order valence-corrected chi connectivity index (χ4v) is 4.08. The highest BCUT2D eigenvalue weighted by Gasteiger charge is 2.35. The van der Waals surface area contributed by atoms with Crippen LogP contribution in [0.3, 0.4) is 0 Å². The molecule has 2 aliphatic heterocycles. The third-order valence-corrected chi connectivity index (χ3v) is 5.27.